The van der Waals surface area contributed by atoms with Crippen molar-refractivity contribution >= 4 is 33.3 Å². The lowest BCUT2D eigenvalue weighted by molar-refractivity contribution is -0.137. The summed E-state index contributed by atoms with van der Waals surface area (Å²) in [5, 5.41) is 12.5. The zero-order valence-corrected chi connectivity index (χ0v) is 11.9. The van der Waals surface area contributed by atoms with Crippen LogP contribution in [0.5, 0.6) is 0 Å². The quantitative estimate of drug-likeness (QED) is 0.769. The Balaban J connectivity index is 1.76. The van der Waals surface area contributed by atoms with Crippen molar-refractivity contribution in [3.05, 3.63) is 35.2 Å². The number of unbranched alkanes of at least 4 members (excludes halogenated alkanes) is 2. The van der Waals surface area contributed by atoms with Crippen molar-refractivity contribution in [1.29, 1.82) is 0 Å². The summed E-state index contributed by atoms with van der Waals surface area (Å²) in [6.07, 6.45) is 2.49. The smallest absolute Gasteiger partial charge is 0.303 e. The van der Waals surface area contributed by atoms with E-state index in [1.165, 1.54) is 11.3 Å². The molecule has 2 rings (SSSR count). The summed E-state index contributed by atoms with van der Waals surface area (Å²) < 4.78 is 1.11. The normalized spacial score (nSPS) is 10.6. The fourth-order valence-electron chi connectivity index (χ4n) is 1.96. The molecule has 1 aromatic carbocycles. The molecule has 2 N–H and O–H groups in total. The van der Waals surface area contributed by atoms with Gasteiger partial charge < -0.3 is 10.4 Å². The van der Waals surface area contributed by atoms with Crippen molar-refractivity contribution in [3.8, 4) is 0 Å². The van der Waals surface area contributed by atoms with Gasteiger partial charge in [0.1, 0.15) is 0 Å². The summed E-state index contributed by atoms with van der Waals surface area (Å²) in [5.74, 6) is -0.816. The maximum atomic E-state index is 12.0. The third-order valence-electron chi connectivity index (χ3n) is 3.00. The summed E-state index contributed by atoms with van der Waals surface area (Å²) >= 11 is 1.49. The minimum Gasteiger partial charge on any atom is -0.481 e. The van der Waals surface area contributed by atoms with Gasteiger partial charge in [-0.3, -0.25) is 9.59 Å². The van der Waals surface area contributed by atoms with Gasteiger partial charge in [-0.05, 0) is 30.4 Å². The molecule has 5 heteroatoms. The second-order valence-electron chi connectivity index (χ2n) is 4.61. The van der Waals surface area contributed by atoms with E-state index in [4.69, 9.17) is 5.11 Å². The van der Waals surface area contributed by atoms with Crippen molar-refractivity contribution in [1.82, 2.24) is 5.32 Å². The van der Waals surface area contributed by atoms with Gasteiger partial charge in [0.25, 0.3) is 5.91 Å². The van der Waals surface area contributed by atoms with E-state index in [9.17, 15) is 9.59 Å². The number of carbonyl (C=O) groups is 2. The van der Waals surface area contributed by atoms with Gasteiger partial charge in [-0.15, -0.1) is 11.3 Å². The summed E-state index contributed by atoms with van der Waals surface area (Å²) in [7, 11) is 0. The molecule has 1 amide bonds. The van der Waals surface area contributed by atoms with E-state index in [0.29, 0.717) is 13.0 Å². The number of carboxylic acid groups (broad SMARTS) is 1. The van der Waals surface area contributed by atoms with Crippen LogP contribution in [0, 0.1) is 0 Å². The van der Waals surface area contributed by atoms with E-state index >= 15 is 0 Å². The number of hydrogen-bond donors (Lipinski definition) is 2. The Bertz CT molecular complexity index is 573. The highest BCUT2D eigenvalue weighted by molar-refractivity contribution is 7.20. The molecule has 106 valence electrons. The molecule has 0 aliphatic heterocycles. The Morgan fingerprint density at radius 3 is 2.70 bits per heavy atom. The molecule has 0 aliphatic carbocycles. The molecule has 20 heavy (non-hydrogen) atoms. The predicted octanol–water partition coefficient (Wildman–Crippen LogP) is 3.28. The van der Waals surface area contributed by atoms with E-state index in [1.54, 1.807) is 0 Å². The molecule has 0 radical (unpaired) electrons. The summed E-state index contributed by atoms with van der Waals surface area (Å²) in [5.41, 5.74) is 0. The van der Waals surface area contributed by atoms with Gasteiger partial charge in [0.2, 0.25) is 0 Å². The van der Waals surface area contributed by atoms with Crippen LogP contribution in [-0.4, -0.2) is 23.5 Å². The van der Waals surface area contributed by atoms with Crippen LogP contribution >= 0.6 is 11.3 Å². The fraction of sp³-hybridized carbons (Fsp3) is 0.333. The zero-order chi connectivity index (χ0) is 14.4. The molecule has 0 aliphatic rings. The third-order valence-corrected chi connectivity index (χ3v) is 4.12. The lowest BCUT2D eigenvalue weighted by Crippen LogP contribution is -2.23. The van der Waals surface area contributed by atoms with Gasteiger partial charge in [0.05, 0.1) is 4.88 Å². The minimum absolute atomic E-state index is 0.0514. The maximum absolute atomic E-state index is 12.0. The van der Waals surface area contributed by atoms with E-state index < -0.39 is 5.97 Å². The van der Waals surface area contributed by atoms with E-state index in [0.717, 1.165) is 27.8 Å². The van der Waals surface area contributed by atoms with Crippen LogP contribution in [0.3, 0.4) is 0 Å². The molecular weight excluding hydrogens is 274 g/mol. The molecule has 0 saturated heterocycles. The molecular formula is C15H17NO3S. The number of nitrogens with one attached hydrogen (secondary N) is 1. The molecule has 0 bridgehead atoms. The van der Waals surface area contributed by atoms with Crippen molar-refractivity contribution in [2.75, 3.05) is 6.54 Å². The molecule has 0 unspecified atom stereocenters. The van der Waals surface area contributed by atoms with Crippen LogP contribution in [0.15, 0.2) is 30.3 Å². The third kappa shape index (κ3) is 4.06. The highest BCUT2D eigenvalue weighted by atomic mass is 32.1. The Morgan fingerprint density at radius 1 is 1.15 bits per heavy atom. The highest BCUT2D eigenvalue weighted by Gasteiger charge is 2.09. The highest BCUT2D eigenvalue weighted by Crippen LogP contribution is 2.24. The Morgan fingerprint density at radius 2 is 1.95 bits per heavy atom. The van der Waals surface area contributed by atoms with Gasteiger partial charge in [0.15, 0.2) is 0 Å². The van der Waals surface area contributed by atoms with Gasteiger partial charge in [-0.1, -0.05) is 24.6 Å². The average Bonchev–Trinajstić information content (AvgIpc) is 2.86. The topological polar surface area (TPSA) is 66.4 Å². The van der Waals surface area contributed by atoms with E-state index in [1.807, 2.05) is 30.3 Å². The van der Waals surface area contributed by atoms with Crippen molar-refractivity contribution in [2.24, 2.45) is 0 Å². The molecule has 0 spiro atoms. The first-order valence-corrected chi connectivity index (χ1v) is 7.47. The average molecular weight is 291 g/mol. The van der Waals surface area contributed by atoms with Crippen LogP contribution in [0.4, 0.5) is 0 Å². The maximum Gasteiger partial charge on any atom is 0.303 e. The standard InChI is InChI=1S/C15H17NO3S/c17-14(18)8-2-1-5-9-16-15(19)13-10-11-6-3-4-7-12(11)20-13/h3-4,6-7,10H,1-2,5,8-9H2,(H,16,19)(H,17,18). The largest absolute Gasteiger partial charge is 0.481 e. The van der Waals surface area contributed by atoms with E-state index in [2.05, 4.69) is 5.32 Å². The number of carbonyl (C=O) groups excluding carboxylic acids is 1. The summed E-state index contributed by atoms with van der Waals surface area (Å²) in [6.45, 7) is 0.590. The SMILES string of the molecule is O=C(O)CCCCCNC(=O)c1cc2ccccc2s1. The van der Waals surface area contributed by atoms with Gasteiger partial charge >= 0.3 is 5.97 Å². The predicted molar refractivity (Wildman–Crippen MR) is 80.3 cm³/mol. The fourth-order valence-corrected chi connectivity index (χ4v) is 2.94. The van der Waals surface area contributed by atoms with E-state index in [-0.39, 0.29) is 12.3 Å². The second-order valence-corrected chi connectivity index (χ2v) is 5.69. The number of benzene rings is 1. The van der Waals surface area contributed by atoms with Crippen LogP contribution in [0.2, 0.25) is 0 Å². The van der Waals surface area contributed by atoms with Crippen molar-refractivity contribution in [2.45, 2.75) is 25.7 Å². The molecule has 2 aromatic rings. The second kappa shape index (κ2) is 7.05. The lowest BCUT2D eigenvalue weighted by Gasteiger charge is -2.02. The molecule has 1 aromatic heterocycles. The number of rotatable bonds is 7. The number of carboxylic acids is 1. The molecule has 0 atom stereocenters. The van der Waals surface area contributed by atoms with Crippen LogP contribution in [0.1, 0.15) is 35.4 Å². The van der Waals surface area contributed by atoms with Gasteiger partial charge in [-0.2, -0.15) is 0 Å². The first-order chi connectivity index (χ1) is 9.66. The minimum atomic E-state index is -0.765. The number of aliphatic carboxylic acids is 1. The van der Waals surface area contributed by atoms with Crippen LogP contribution < -0.4 is 5.32 Å². The molecule has 0 saturated carbocycles. The van der Waals surface area contributed by atoms with Gasteiger partial charge in [0, 0.05) is 17.7 Å². The van der Waals surface area contributed by atoms with Crippen LogP contribution in [-0.2, 0) is 4.79 Å². The first-order valence-electron chi connectivity index (χ1n) is 6.65. The first kappa shape index (κ1) is 14.5. The lowest BCUT2D eigenvalue weighted by atomic mass is 10.2. The van der Waals surface area contributed by atoms with Gasteiger partial charge in [-0.25, -0.2) is 0 Å². The Labute approximate surface area is 121 Å². The molecule has 1 heterocycles. The number of thiophene rings is 1. The Hall–Kier alpha value is -1.88. The molecule has 0 fully saturated rings. The molecule has 4 nitrogen and oxygen atoms in total. The monoisotopic (exact) mass is 291 g/mol. The number of amides is 1. The summed E-state index contributed by atoms with van der Waals surface area (Å²) in [6, 6.07) is 9.82. The van der Waals surface area contributed by atoms with Crippen molar-refractivity contribution < 1.29 is 14.7 Å². The number of hydrogen-bond acceptors (Lipinski definition) is 3. The Kier molecular flexibility index (Phi) is 5.12. The number of fused-ring (bicyclic) bond motifs is 1. The zero-order valence-electron chi connectivity index (χ0n) is 11.1. The van der Waals surface area contributed by atoms with Crippen molar-refractivity contribution in [3.63, 3.8) is 0 Å². The summed E-state index contributed by atoms with van der Waals surface area (Å²) in [4.78, 5) is 23.0. The van der Waals surface area contributed by atoms with Crippen LogP contribution in [0.25, 0.3) is 10.1 Å².